The average Bonchev–Trinajstić information content (AvgIpc) is 3.12. The number of nitrogens with zero attached hydrogens (tertiary/aromatic N) is 2. The molecule has 1 aliphatic heterocycles. The number of carbonyl (C=O) groups excluding carboxylic acids is 1. The fraction of sp³-hybridized carbons (Fsp3) is 0.190. The van der Waals surface area contributed by atoms with E-state index >= 15 is 0 Å². The summed E-state index contributed by atoms with van der Waals surface area (Å²) < 4.78 is 26.3. The van der Waals surface area contributed by atoms with Gasteiger partial charge in [-0.3, -0.25) is 0 Å². The summed E-state index contributed by atoms with van der Waals surface area (Å²) in [5.41, 5.74) is 1.34. The largest absolute Gasteiger partial charge is 0.497 e. The molecule has 2 aromatic rings. The van der Waals surface area contributed by atoms with Crippen LogP contribution in [0.15, 0.2) is 47.1 Å². The van der Waals surface area contributed by atoms with Crippen molar-refractivity contribution in [2.24, 2.45) is 4.99 Å². The van der Waals surface area contributed by atoms with Crippen LogP contribution in [0.25, 0.3) is 6.08 Å². The van der Waals surface area contributed by atoms with Gasteiger partial charge in [0, 0.05) is 11.6 Å². The van der Waals surface area contributed by atoms with Gasteiger partial charge in [0.25, 0.3) is 0 Å². The average molecular weight is 394 g/mol. The Labute approximate surface area is 167 Å². The minimum atomic E-state index is -0.578. The van der Waals surface area contributed by atoms with E-state index < -0.39 is 5.97 Å². The Kier molecular flexibility index (Phi) is 6.00. The number of esters is 1. The lowest BCUT2D eigenvalue weighted by atomic mass is 10.1. The minimum absolute atomic E-state index is 0.0965. The Morgan fingerprint density at radius 2 is 1.76 bits per heavy atom. The minimum Gasteiger partial charge on any atom is -0.497 e. The molecule has 0 unspecified atom stereocenters. The molecule has 29 heavy (non-hydrogen) atoms. The summed E-state index contributed by atoms with van der Waals surface area (Å²) in [6.07, 6.45) is 1.57. The van der Waals surface area contributed by atoms with Crippen LogP contribution in [0.5, 0.6) is 23.0 Å². The van der Waals surface area contributed by atoms with Gasteiger partial charge in [-0.05, 0) is 35.9 Å². The number of hydrogen-bond acceptors (Lipinski definition) is 8. The summed E-state index contributed by atoms with van der Waals surface area (Å²) in [5.74, 6) is 1.53. The van der Waals surface area contributed by atoms with Crippen molar-refractivity contribution < 1.29 is 28.5 Å². The molecule has 0 fully saturated rings. The quantitative estimate of drug-likeness (QED) is 0.526. The van der Waals surface area contributed by atoms with Crippen molar-refractivity contribution in [1.82, 2.24) is 0 Å². The molecule has 8 nitrogen and oxygen atoms in total. The van der Waals surface area contributed by atoms with Crippen molar-refractivity contribution in [2.75, 3.05) is 27.9 Å². The van der Waals surface area contributed by atoms with Crippen molar-refractivity contribution in [3.05, 3.63) is 53.2 Å². The Hall–Kier alpha value is -3.99. The number of aliphatic imine (C=N–C) groups is 1. The number of ether oxygens (including phenoxy) is 5. The van der Waals surface area contributed by atoms with Crippen LogP contribution in [0.4, 0.5) is 0 Å². The van der Waals surface area contributed by atoms with Crippen LogP contribution in [0.2, 0.25) is 0 Å². The van der Waals surface area contributed by atoms with E-state index in [-0.39, 0.29) is 18.2 Å². The summed E-state index contributed by atoms with van der Waals surface area (Å²) in [5, 5.41) is 8.64. The third-order valence-electron chi connectivity index (χ3n) is 4.00. The molecule has 8 heteroatoms. The molecule has 0 saturated heterocycles. The Bertz CT molecular complexity index is 1010. The zero-order valence-electron chi connectivity index (χ0n) is 16.1. The molecule has 0 aliphatic carbocycles. The van der Waals surface area contributed by atoms with Gasteiger partial charge in [0.05, 0.1) is 21.3 Å². The predicted octanol–water partition coefficient (Wildman–Crippen LogP) is 2.96. The number of hydrogen-bond donors (Lipinski definition) is 0. The highest BCUT2D eigenvalue weighted by Gasteiger charge is 2.25. The Morgan fingerprint density at radius 1 is 1.03 bits per heavy atom. The predicted molar refractivity (Wildman–Crippen MR) is 104 cm³/mol. The first kappa shape index (κ1) is 19.8. The molecular formula is C21H18N2O6. The van der Waals surface area contributed by atoms with E-state index in [2.05, 4.69) is 4.99 Å². The number of rotatable bonds is 7. The molecular weight excluding hydrogens is 376 g/mol. The standard InChI is InChI=1S/C21H18N2O6/c1-25-15-10-14(11-16(12-15)26-2)20-23-17(21(24)29-20)8-13-4-5-18(28-7-6-22)19(9-13)27-3/h4-5,8-12H,7H2,1-3H3/b17-8-. The summed E-state index contributed by atoms with van der Waals surface area (Å²) in [7, 11) is 4.55. The van der Waals surface area contributed by atoms with Crippen LogP contribution < -0.4 is 18.9 Å². The number of cyclic esters (lactones) is 1. The number of nitriles is 1. The van der Waals surface area contributed by atoms with Crippen molar-refractivity contribution in [2.45, 2.75) is 0 Å². The van der Waals surface area contributed by atoms with Crippen LogP contribution in [-0.4, -0.2) is 39.8 Å². The molecule has 2 aromatic carbocycles. The highest BCUT2D eigenvalue weighted by atomic mass is 16.6. The molecule has 0 saturated carbocycles. The van der Waals surface area contributed by atoms with Gasteiger partial charge >= 0.3 is 5.97 Å². The van der Waals surface area contributed by atoms with E-state index in [1.54, 1.807) is 42.5 Å². The van der Waals surface area contributed by atoms with Gasteiger partial charge in [-0.15, -0.1) is 0 Å². The maximum atomic E-state index is 12.3. The second-order valence-electron chi connectivity index (χ2n) is 5.79. The lowest BCUT2D eigenvalue weighted by Crippen LogP contribution is -2.06. The van der Waals surface area contributed by atoms with E-state index in [0.29, 0.717) is 34.1 Å². The molecule has 3 rings (SSSR count). The van der Waals surface area contributed by atoms with Crippen LogP contribution in [-0.2, 0) is 9.53 Å². The molecule has 0 bridgehead atoms. The number of benzene rings is 2. The van der Waals surface area contributed by atoms with E-state index in [0.717, 1.165) is 0 Å². The molecule has 1 heterocycles. The zero-order chi connectivity index (χ0) is 20.8. The van der Waals surface area contributed by atoms with E-state index in [4.69, 9.17) is 28.9 Å². The van der Waals surface area contributed by atoms with E-state index in [1.165, 1.54) is 21.3 Å². The first-order valence-corrected chi connectivity index (χ1v) is 8.51. The molecule has 148 valence electrons. The van der Waals surface area contributed by atoms with Crippen LogP contribution in [0.3, 0.4) is 0 Å². The highest BCUT2D eigenvalue weighted by molar-refractivity contribution is 6.13. The van der Waals surface area contributed by atoms with Gasteiger partial charge < -0.3 is 23.7 Å². The first-order chi connectivity index (χ1) is 14.1. The van der Waals surface area contributed by atoms with Crippen molar-refractivity contribution >= 4 is 17.9 Å². The topological polar surface area (TPSA) is 99.4 Å². The maximum absolute atomic E-state index is 12.3. The lowest BCUT2D eigenvalue weighted by molar-refractivity contribution is -0.129. The van der Waals surface area contributed by atoms with Crippen LogP contribution in [0, 0.1) is 11.3 Å². The third-order valence-corrected chi connectivity index (χ3v) is 4.00. The van der Waals surface area contributed by atoms with Crippen molar-refractivity contribution in [3.63, 3.8) is 0 Å². The lowest BCUT2D eigenvalue weighted by Gasteiger charge is -2.08. The zero-order valence-corrected chi connectivity index (χ0v) is 16.1. The van der Waals surface area contributed by atoms with Gasteiger partial charge in [-0.25, -0.2) is 9.79 Å². The maximum Gasteiger partial charge on any atom is 0.363 e. The SMILES string of the molecule is COc1cc(OC)cc(C2=N/C(=C\c3ccc(OCC#N)c(OC)c3)C(=O)O2)c1. The summed E-state index contributed by atoms with van der Waals surface area (Å²) >= 11 is 0. The van der Waals surface area contributed by atoms with Gasteiger partial charge in [-0.1, -0.05) is 6.07 Å². The van der Waals surface area contributed by atoms with Gasteiger partial charge in [-0.2, -0.15) is 5.26 Å². The summed E-state index contributed by atoms with van der Waals surface area (Å²) in [4.78, 5) is 16.6. The smallest absolute Gasteiger partial charge is 0.363 e. The Morgan fingerprint density at radius 3 is 2.38 bits per heavy atom. The molecule has 0 aromatic heterocycles. The third kappa shape index (κ3) is 4.47. The number of carbonyl (C=O) groups is 1. The van der Waals surface area contributed by atoms with E-state index in [9.17, 15) is 4.79 Å². The molecule has 0 radical (unpaired) electrons. The van der Waals surface area contributed by atoms with Crippen LogP contribution in [0.1, 0.15) is 11.1 Å². The first-order valence-electron chi connectivity index (χ1n) is 8.51. The van der Waals surface area contributed by atoms with E-state index in [1.807, 2.05) is 6.07 Å². The fourth-order valence-corrected chi connectivity index (χ4v) is 2.62. The highest BCUT2D eigenvalue weighted by Crippen LogP contribution is 2.30. The van der Waals surface area contributed by atoms with Gasteiger partial charge in [0.1, 0.15) is 17.6 Å². The van der Waals surface area contributed by atoms with Crippen molar-refractivity contribution in [3.8, 4) is 29.1 Å². The normalized spacial score (nSPS) is 14.1. The monoisotopic (exact) mass is 394 g/mol. The summed E-state index contributed by atoms with van der Waals surface area (Å²) in [6, 6.07) is 12.0. The second kappa shape index (κ2) is 8.80. The molecule has 1 aliphatic rings. The van der Waals surface area contributed by atoms with Crippen molar-refractivity contribution in [1.29, 1.82) is 5.26 Å². The molecule has 0 spiro atoms. The molecule has 0 atom stereocenters. The molecule has 0 N–H and O–H groups in total. The van der Waals surface area contributed by atoms with Gasteiger partial charge in [0.2, 0.25) is 5.90 Å². The Balaban J connectivity index is 1.92. The fourth-order valence-electron chi connectivity index (χ4n) is 2.62. The molecule has 0 amide bonds. The van der Waals surface area contributed by atoms with Gasteiger partial charge in [0.15, 0.2) is 23.8 Å². The van der Waals surface area contributed by atoms with Crippen LogP contribution >= 0.6 is 0 Å². The summed E-state index contributed by atoms with van der Waals surface area (Å²) in [6.45, 7) is -0.0965. The number of methoxy groups -OCH3 is 3. The second-order valence-corrected chi connectivity index (χ2v) is 5.79.